The van der Waals surface area contributed by atoms with E-state index in [1.165, 1.54) is 0 Å². The molecule has 134 valence electrons. The number of carboxylic acid groups (broad SMARTS) is 1. The van der Waals surface area contributed by atoms with E-state index in [-0.39, 0.29) is 5.41 Å². The molecule has 0 amide bonds. The van der Waals surface area contributed by atoms with E-state index in [0.29, 0.717) is 32.1 Å². The largest absolute Gasteiger partial charge is 0.481 e. The second-order valence-electron chi connectivity index (χ2n) is 7.25. The Morgan fingerprint density at radius 1 is 1.28 bits per heavy atom. The Labute approximate surface area is 145 Å². The van der Waals surface area contributed by atoms with Crippen molar-refractivity contribution in [3.8, 4) is 0 Å². The summed E-state index contributed by atoms with van der Waals surface area (Å²) in [6, 6.07) is 0. The molecule has 1 atom stereocenters. The molecule has 2 aromatic rings. The van der Waals surface area contributed by atoms with Gasteiger partial charge in [0.05, 0.1) is 11.6 Å². The second-order valence-corrected chi connectivity index (χ2v) is 7.25. The maximum Gasteiger partial charge on any atom is 0.308 e. The summed E-state index contributed by atoms with van der Waals surface area (Å²) >= 11 is 0. The highest BCUT2D eigenvalue weighted by molar-refractivity contribution is 5.88. The lowest BCUT2D eigenvalue weighted by Crippen LogP contribution is -2.40. The van der Waals surface area contributed by atoms with Crippen LogP contribution in [0.4, 0.5) is 5.82 Å². The van der Waals surface area contributed by atoms with Crippen molar-refractivity contribution in [3.63, 3.8) is 0 Å². The number of aromatic nitrogens is 4. The van der Waals surface area contributed by atoms with Gasteiger partial charge < -0.3 is 14.7 Å². The Kier molecular flexibility index (Phi) is 3.68. The van der Waals surface area contributed by atoms with E-state index in [0.717, 1.165) is 35.4 Å². The zero-order valence-corrected chi connectivity index (χ0v) is 14.8. The van der Waals surface area contributed by atoms with Crippen LogP contribution in [0.25, 0.3) is 11.0 Å². The Bertz CT molecular complexity index is 840. The minimum Gasteiger partial charge on any atom is -0.481 e. The molecule has 0 aromatic carbocycles. The molecule has 2 aromatic heterocycles. The van der Waals surface area contributed by atoms with Crippen LogP contribution in [-0.4, -0.2) is 57.1 Å². The molecule has 2 saturated heterocycles. The van der Waals surface area contributed by atoms with Crippen molar-refractivity contribution in [2.24, 2.45) is 18.4 Å². The maximum atomic E-state index is 11.9. The SMILES string of the molecule is Cc1nc(N2CC(C(=O)O)C3(CCOCC3)C2)c2c(n1)c(C)nn2C. The summed E-state index contributed by atoms with van der Waals surface area (Å²) in [6.07, 6.45) is 1.55. The Morgan fingerprint density at radius 3 is 2.68 bits per heavy atom. The molecular formula is C17H23N5O3. The standard InChI is InChI=1S/C17H23N5O3/c1-10-13-14(21(3)20-10)15(19-11(2)18-13)22-8-12(16(23)24)17(9-22)4-6-25-7-5-17/h12H,4-9H2,1-3H3,(H,23,24). The summed E-state index contributed by atoms with van der Waals surface area (Å²) in [6.45, 7) is 6.20. The smallest absolute Gasteiger partial charge is 0.308 e. The van der Waals surface area contributed by atoms with E-state index < -0.39 is 11.9 Å². The van der Waals surface area contributed by atoms with Crippen molar-refractivity contribution in [1.29, 1.82) is 0 Å². The molecule has 1 unspecified atom stereocenters. The van der Waals surface area contributed by atoms with E-state index in [1.54, 1.807) is 4.68 Å². The van der Waals surface area contributed by atoms with Gasteiger partial charge in [0.15, 0.2) is 5.82 Å². The van der Waals surface area contributed by atoms with Crippen LogP contribution in [0.2, 0.25) is 0 Å². The van der Waals surface area contributed by atoms with Crippen LogP contribution in [0.3, 0.4) is 0 Å². The Balaban J connectivity index is 1.80. The Morgan fingerprint density at radius 2 is 2.00 bits per heavy atom. The van der Waals surface area contributed by atoms with Gasteiger partial charge in [-0.15, -0.1) is 0 Å². The fourth-order valence-electron chi connectivity index (χ4n) is 4.40. The van der Waals surface area contributed by atoms with Crippen LogP contribution in [-0.2, 0) is 16.6 Å². The van der Waals surface area contributed by atoms with Crippen molar-refractivity contribution < 1.29 is 14.6 Å². The van der Waals surface area contributed by atoms with E-state index in [1.807, 2.05) is 20.9 Å². The predicted octanol–water partition coefficient (Wildman–Crippen LogP) is 1.30. The number of fused-ring (bicyclic) bond motifs is 1. The van der Waals surface area contributed by atoms with Crippen LogP contribution in [0.1, 0.15) is 24.4 Å². The average molecular weight is 345 g/mol. The third kappa shape index (κ3) is 2.47. The number of rotatable bonds is 2. The lowest BCUT2D eigenvalue weighted by Gasteiger charge is -2.36. The number of carboxylic acids is 1. The molecule has 4 heterocycles. The summed E-state index contributed by atoms with van der Waals surface area (Å²) in [5.74, 6) is 0.335. The molecule has 8 heteroatoms. The van der Waals surface area contributed by atoms with Crippen LogP contribution >= 0.6 is 0 Å². The average Bonchev–Trinajstić information content (AvgIpc) is 3.06. The van der Waals surface area contributed by atoms with Crippen molar-refractivity contribution in [2.75, 3.05) is 31.2 Å². The minimum atomic E-state index is -0.729. The molecular weight excluding hydrogens is 322 g/mol. The van der Waals surface area contributed by atoms with E-state index in [2.05, 4.69) is 20.0 Å². The fraction of sp³-hybridized carbons (Fsp3) is 0.647. The van der Waals surface area contributed by atoms with Crippen molar-refractivity contribution >= 4 is 22.8 Å². The first kappa shape index (κ1) is 16.3. The first-order chi connectivity index (χ1) is 11.9. The van der Waals surface area contributed by atoms with Gasteiger partial charge in [-0.2, -0.15) is 5.10 Å². The van der Waals surface area contributed by atoms with Gasteiger partial charge >= 0.3 is 5.97 Å². The predicted molar refractivity (Wildman–Crippen MR) is 91.6 cm³/mol. The molecule has 4 rings (SSSR count). The number of hydrogen-bond donors (Lipinski definition) is 1. The molecule has 8 nitrogen and oxygen atoms in total. The van der Waals surface area contributed by atoms with Crippen LogP contribution in [0.5, 0.6) is 0 Å². The minimum absolute atomic E-state index is 0.247. The molecule has 2 fully saturated rings. The summed E-state index contributed by atoms with van der Waals surface area (Å²) in [5, 5.41) is 14.3. The van der Waals surface area contributed by atoms with Gasteiger partial charge in [-0.05, 0) is 26.7 Å². The number of nitrogens with zero attached hydrogens (tertiary/aromatic N) is 5. The third-order valence-corrected chi connectivity index (χ3v) is 5.68. The van der Waals surface area contributed by atoms with Gasteiger partial charge in [-0.25, -0.2) is 9.97 Å². The number of anilines is 1. The molecule has 2 aliphatic rings. The lowest BCUT2D eigenvalue weighted by molar-refractivity contribution is -0.146. The highest BCUT2D eigenvalue weighted by atomic mass is 16.5. The number of aryl methyl sites for hydroxylation is 3. The maximum absolute atomic E-state index is 11.9. The molecule has 0 radical (unpaired) electrons. The summed E-state index contributed by atoms with van der Waals surface area (Å²) in [4.78, 5) is 23.2. The molecule has 25 heavy (non-hydrogen) atoms. The van der Waals surface area contributed by atoms with Gasteiger partial charge in [-0.1, -0.05) is 0 Å². The van der Waals surface area contributed by atoms with Gasteiger partial charge in [-0.3, -0.25) is 9.48 Å². The second kappa shape index (κ2) is 5.66. The first-order valence-corrected chi connectivity index (χ1v) is 8.65. The molecule has 1 N–H and O–H groups in total. The molecule has 0 bridgehead atoms. The van der Waals surface area contributed by atoms with Gasteiger partial charge in [0.1, 0.15) is 16.9 Å². The number of carbonyl (C=O) groups is 1. The van der Waals surface area contributed by atoms with Crippen LogP contribution in [0.15, 0.2) is 0 Å². The highest BCUT2D eigenvalue weighted by Gasteiger charge is 2.51. The summed E-state index contributed by atoms with van der Waals surface area (Å²) < 4.78 is 7.28. The van der Waals surface area contributed by atoms with Gasteiger partial charge in [0.25, 0.3) is 0 Å². The van der Waals surface area contributed by atoms with Gasteiger partial charge in [0, 0.05) is 38.8 Å². The fourth-order valence-corrected chi connectivity index (χ4v) is 4.40. The third-order valence-electron chi connectivity index (χ3n) is 5.68. The normalized spacial score (nSPS) is 22.8. The highest BCUT2D eigenvalue weighted by Crippen LogP contribution is 2.46. The first-order valence-electron chi connectivity index (χ1n) is 8.65. The zero-order chi connectivity index (χ0) is 17.8. The summed E-state index contributed by atoms with van der Waals surface area (Å²) in [5.41, 5.74) is 2.32. The van der Waals surface area contributed by atoms with Crippen molar-refractivity contribution in [2.45, 2.75) is 26.7 Å². The molecule has 1 spiro atoms. The van der Waals surface area contributed by atoms with Crippen LogP contribution < -0.4 is 4.90 Å². The monoisotopic (exact) mass is 345 g/mol. The quantitative estimate of drug-likeness (QED) is 0.877. The molecule has 0 saturated carbocycles. The van der Waals surface area contributed by atoms with Crippen LogP contribution in [0, 0.1) is 25.2 Å². The van der Waals surface area contributed by atoms with E-state index in [9.17, 15) is 9.90 Å². The number of hydrogen-bond acceptors (Lipinski definition) is 6. The molecule has 0 aliphatic carbocycles. The van der Waals surface area contributed by atoms with E-state index in [4.69, 9.17) is 4.74 Å². The lowest BCUT2D eigenvalue weighted by atomic mass is 9.72. The number of aliphatic carboxylic acids is 1. The topological polar surface area (TPSA) is 93.4 Å². The molecule has 2 aliphatic heterocycles. The number of ether oxygens (including phenoxy) is 1. The zero-order valence-electron chi connectivity index (χ0n) is 14.8. The van der Waals surface area contributed by atoms with E-state index >= 15 is 0 Å². The van der Waals surface area contributed by atoms with Crippen molar-refractivity contribution in [3.05, 3.63) is 11.5 Å². The van der Waals surface area contributed by atoms with Crippen molar-refractivity contribution in [1.82, 2.24) is 19.7 Å². The Hall–Kier alpha value is -2.22. The van der Waals surface area contributed by atoms with Gasteiger partial charge in [0.2, 0.25) is 0 Å². The summed E-state index contributed by atoms with van der Waals surface area (Å²) in [7, 11) is 1.88.